The summed E-state index contributed by atoms with van der Waals surface area (Å²) < 4.78 is 4.51. The van der Waals surface area contributed by atoms with E-state index in [4.69, 9.17) is 16.3 Å². The van der Waals surface area contributed by atoms with E-state index in [0.717, 1.165) is 12.8 Å². The molecule has 4 nitrogen and oxygen atoms in total. The first-order chi connectivity index (χ1) is 9.20. The molecule has 1 heterocycles. The largest absolute Gasteiger partial charge is 0.524 e. The minimum Gasteiger partial charge on any atom is -0.423 e. The number of quaternary nitrogens is 1. The summed E-state index contributed by atoms with van der Waals surface area (Å²) in [5, 5.41) is 0. The van der Waals surface area contributed by atoms with Gasteiger partial charge in [0.25, 0.3) is 0 Å². The first kappa shape index (κ1) is 17.2. The van der Waals surface area contributed by atoms with Crippen LogP contribution in [-0.2, 0) is 9.53 Å². The van der Waals surface area contributed by atoms with E-state index in [1.54, 1.807) is 0 Å². The van der Waals surface area contributed by atoms with E-state index in [-0.39, 0.29) is 28.4 Å². The van der Waals surface area contributed by atoms with Crippen LogP contribution in [0.4, 0.5) is 4.79 Å². The molecule has 112 valence electrons. The van der Waals surface area contributed by atoms with Crippen LogP contribution in [0.2, 0.25) is 19.6 Å². The van der Waals surface area contributed by atoms with Crippen molar-refractivity contribution >= 4 is 31.7 Å². The summed E-state index contributed by atoms with van der Waals surface area (Å²) >= 11 is 5.73. The third kappa shape index (κ3) is 3.08. The lowest BCUT2D eigenvalue weighted by molar-refractivity contribution is -0.808. The number of alkyl halides is 1. The molecule has 1 aliphatic rings. The summed E-state index contributed by atoms with van der Waals surface area (Å²) in [4.78, 5) is 24.7. The van der Waals surface area contributed by atoms with Gasteiger partial charge in [-0.15, -0.1) is 21.6 Å². The molecular formula is C14H23ClNO3Si+. The predicted octanol–water partition coefficient (Wildman–Crippen LogP) is 2.77. The molecule has 2 amide bonds. The van der Waals surface area contributed by atoms with Gasteiger partial charge in [-0.1, -0.05) is 19.6 Å². The van der Waals surface area contributed by atoms with E-state index < -0.39 is 14.2 Å². The third-order valence-corrected chi connectivity index (χ3v) is 4.79. The first-order valence-electron chi connectivity index (χ1n) is 6.79. The Labute approximate surface area is 127 Å². The molecule has 1 saturated heterocycles. The fourth-order valence-corrected chi connectivity index (χ4v) is 3.46. The smallest absolute Gasteiger partial charge is 0.423 e. The second-order valence-corrected chi connectivity index (χ2v) is 11.3. The minimum absolute atomic E-state index is 0.144. The Bertz CT molecular complexity index is 445. The van der Waals surface area contributed by atoms with Crippen molar-refractivity contribution in [3.8, 4) is 11.5 Å². The maximum Gasteiger partial charge on any atom is 0.524 e. The van der Waals surface area contributed by atoms with Crippen molar-refractivity contribution in [3.05, 3.63) is 0 Å². The standard InChI is InChI=1S/C14H23ClNO3Si/c1-11-6-7-12(8-9-20(3,4)5)16(11,13(17)10-15)14(18)19-2/h11-12H,6-7,10H2,1-5H3/q+1/t11?,12-,16?/m1/s1. The van der Waals surface area contributed by atoms with Gasteiger partial charge in [0.2, 0.25) is 0 Å². The fourth-order valence-electron chi connectivity index (χ4n) is 2.67. The van der Waals surface area contributed by atoms with Crippen molar-refractivity contribution in [2.24, 2.45) is 0 Å². The van der Waals surface area contributed by atoms with Gasteiger partial charge in [-0.05, 0) is 12.8 Å². The summed E-state index contributed by atoms with van der Waals surface area (Å²) in [6.45, 7) is 8.29. The lowest BCUT2D eigenvalue weighted by Gasteiger charge is -2.33. The maximum absolute atomic E-state index is 12.4. The zero-order chi connectivity index (χ0) is 15.6. The third-order valence-electron chi connectivity index (χ3n) is 3.66. The van der Waals surface area contributed by atoms with Crippen LogP contribution in [0.25, 0.3) is 0 Å². The maximum atomic E-state index is 12.4. The van der Waals surface area contributed by atoms with Gasteiger partial charge in [-0.2, -0.15) is 4.79 Å². The zero-order valence-electron chi connectivity index (χ0n) is 12.8. The molecule has 0 radical (unpaired) electrons. The molecule has 0 N–H and O–H groups in total. The normalized spacial score (nSPS) is 29.5. The van der Waals surface area contributed by atoms with E-state index in [1.165, 1.54) is 7.11 Å². The van der Waals surface area contributed by atoms with Crippen molar-refractivity contribution in [1.29, 1.82) is 0 Å². The van der Waals surface area contributed by atoms with E-state index in [9.17, 15) is 9.59 Å². The highest BCUT2D eigenvalue weighted by molar-refractivity contribution is 6.83. The summed E-state index contributed by atoms with van der Waals surface area (Å²) in [6.07, 6.45) is 0.939. The van der Waals surface area contributed by atoms with Crippen LogP contribution in [0.5, 0.6) is 0 Å². The SMILES string of the molecule is COC(=O)[N+]1(C(=O)CCl)C(C)CC[C@@H]1C#C[Si](C)(C)C. The molecule has 0 aliphatic carbocycles. The summed E-state index contributed by atoms with van der Waals surface area (Å²) in [6, 6.07) is -0.481. The summed E-state index contributed by atoms with van der Waals surface area (Å²) in [5.41, 5.74) is 3.27. The number of amides is 2. The molecule has 1 rings (SSSR count). The molecule has 20 heavy (non-hydrogen) atoms. The molecule has 6 heteroatoms. The zero-order valence-corrected chi connectivity index (χ0v) is 14.6. The number of carbonyl (C=O) groups is 2. The van der Waals surface area contributed by atoms with Crippen LogP contribution >= 0.6 is 11.6 Å². The molecule has 0 aromatic heterocycles. The Morgan fingerprint density at radius 2 is 1.95 bits per heavy atom. The average Bonchev–Trinajstić information content (AvgIpc) is 2.71. The van der Waals surface area contributed by atoms with Crippen LogP contribution in [-0.4, -0.2) is 49.6 Å². The number of likely N-dealkylation sites (tertiary alicyclic amines) is 1. The Morgan fingerprint density at radius 1 is 1.35 bits per heavy atom. The Kier molecular flexibility index (Phi) is 5.42. The minimum atomic E-state index is -1.57. The first-order valence-corrected chi connectivity index (χ1v) is 10.8. The van der Waals surface area contributed by atoms with Crippen molar-refractivity contribution in [3.63, 3.8) is 0 Å². The molecule has 0 aromatic rings. The van der Waals surface area contributed by atoms with Gasteiger partial charge in [0.15, 0.2) is 6.04 Å². The van der Waals surface area contributed by atoms with Crippen LogP contribution in [0.3, 0.4) is 0 Å². The molecule has 3 atom stereocenters. The topological polar surface area (TPSA) is 43.4 Å². The number of ether oxygens (including phenoxy) is 1. The van der Waals surface area contributed by atoms with E-state index in [0.29, 0.717) is 0 Å². The Balaban J connectivity index is 3.31. The van der Waals surface area contributed by atoms with Crippen molar-refractivity contribution in [2.75, 3.05) is 13.0 Å². The summed E-state index contributed by atoms with van der Waals surface area (Å²) in [7, 11) is -0.263. The second kappa shape index (κ2) is 6.29. The quantitative estimate of drug-likeness (QED) is 0.323. The van der Waals surface area contributed by atoms with E-state index >= 15 is 0 Å². The molecule has 1 aliphatic heterocycles. The monoisotopic (exact) mass is 316 g/mol. The molecular weight excluding hydrogens is 294 g/mol. The lowest BCUT2D eigenvalue weighted by Crippen LogP contribution is -2.63. The van der Waals surface area contributed by atoms with E-state index in [2.05, 4.69) is 31.1 Å². The predicted molar refractivity (Wildman–Crippen MR) is 82.0 cm³/mol. The molecule has 0 aromatic carbocycles. The van der Waals surface area contributed by atoms with Gasteiger partial charge >= 0.3 is 12.0 Å². The van der Waals surface area contributed by atoms with Gasteiger partial charge in [0.1, 0.15) is 20.0 Å². The van der Waals surface area contributed by atoms with Gasteiger partial charge in [0, 0.05) is 12.8 Å². The number of hydrogen-bond acceptors (Lipinski definition) is 3. The number of halogens is 1. The second-order valence-electron chi connectivity index (χ2n) is 6.24. The highest BCUT2D eigenvalue weighted by atomic mass is 35.5. The lowest BCUT2D eigenvalue weighted by atomic mass is 10.2. The van der Waals surface area contributed by atoms with Crippen LogP contribution in [0, 0.1) is 11.5 Å². The number of rotatable bonds is 1. The van der Waals surface area contributed by atoms with E-state index in [1.807, 2.05) is 6.92 Å². The Morgan fingerprint density at radius 3 is 2.40 bits per heavy atom. The van der Waals surface area contributed by atoms with Gasteiger partial charge < -0.3 is 4.74 Å². The summed E-state index contributed by atoms with van der Waals surface area (Å²) in [5.74, 6) is 2.65. The van der Waals surface area contributed by atoms with Crippen LogP contribution < -0.4 is 0 Å². The fraction of sp³-hybridized carbons (Fsp3) is 0.714. The Hall–Kier alpha value is -0.833. The van der Waals surface area contributed by atoms with Gasteiger partial charge in [-0.3, -0.25) is 0 Å². The number of nitrogens with zero attached hydrogens (tertiary/aromatic N) is 1. The van der Waals surface area contributed by atoms with Crippen molar-refractivity contribution < 1.29 is 18.8 Å². The number of imide groups is 1. The van der Waals surface area contributed by atoms with Crippen molar-refractivity contribution in [2.45, 2.75) is 51.5 Å². The highest BCUT2D eigenvalue weighted by Gasteiger charge is 2.59. The van der Waals surface area contributed by atoms with Gasteiger partial charge in [0.05, 0.1) is 7.11 Å². The number of methoxy groups -OCH3 is 1. The molecule has 0 bridgehead atoms. The van der Waals surface area contributed by atoms with Crippen LogP contribution in [0.15, 0.2) is 0 Å². The molecule has 2 unspecified atom stereocenters. The average molecular weight is 317 g/mol. The molecule has 0 spiro atoms. The van der Waals surface area contributed by atoms with Gasteiger partial charge in [-0.25, -0.2) is 4.79 Å². The van der Waals surface area contributed by atoms with Crippen LogP contribution in [0.1, 0.15) is 19.8 Å². The number of hydrogen-bond donors (Lipinski definition) is 0. The number of carbonyl (C=O) groups excluding carboxylic acids is 2. The van der Waals surface area contributed by atoms with Crippen molar-refractivity contribution in [1.82, 2.24) is 0 Å². The highest BCUT2D eigenvalue weighted by Crippen LogP contribution is 2.35. The molecule has 0 saturated carbocycles. The molecule has 1 fully saturated rings.